The maximum Gasteiger partial charge on any atom is 0.0766 e. The zero-order valence-corrected chi connectivity index (χ0v) is 12.6. The normalized spacial score (nSPS) is 13.0. The number of nitrogens with zero attached hydrogens (tertiary/aromatic N) is 2. The number of aliphatic hydroxyl groups excluding tert-OH is 1. The van der Waals surface area contributed by atoms with E-state index in [0.29, 0.717) is 0 Å². The van der Waals surface area contributed by atoms with Crippen LogP contribution in [0.3, 0.4) is 0 Å². The molecule has 0 aliphatic rings. The Kier molecular flexibility index (Phi) is 6.20. The van der Waals surface area contributed by atoms with Crippen LogP contribution in [0.4, 0.5) is 0 Å². The van der Waals surface area contributed by atoms with Gasteiger partial charge in [0.1, 0.15) is 0 Å². The number of hydrogen-bond donors (Lipinski definition) is 1. The maximum atomic E-state index is 9.68. The van der Waals surface area contributed by atoms with Gasteiger partial charge in [-0.15, -0.1) is 0 Å². The average Bonchev–Trinajstić information content (AvgIpc) is 2.56. The summed E-state index contributed by atoms with van der Waals surface area (Å²) in [7, 11) is 1.99. The van der Waals surface area contributed by atoms with Gasteiger partial charge in [0.05, 0.1) is 22.0 Å². The first-order valence-electron chi connectivity index (χ1n) is 6.48. The molecule has 3 nitrogen and oxygen atoms in total. The molecule has 17 heavy (non-hydrogen) atoms. The van der Waals surface area contributed by atoms with Crippen molar-refractivity contribution in [2.24, 2.45) is 7.05 Å². The van der Waals surface area contributed by atoms with Crippen LogP contribution < -0.4 is 0 Å². The first-order valence-corrected chi connectivity index (χ1v) is 7.27. The molecule has 1 aromatic rings. The summed E-state index contributed by atoms with van der Waals surface area (Å²) < 4.78 is 3.10. The van der Waals surface area contributed by atoms with Crippen LogP contribution in [-0.2, 0) is 19.9 Å². The number of aliphatic hydroxyl groups is 1. The Morgan fingerprint density at radius 2 is 2.06 bits per heavy atom. The van der Waals surface area contributed by atoms with E-state index in [9.17, 15) is 5.11 Å². The highest BCUT2D eigenvalue weighted by Crippen LogP contribution is 2.23. The van der Waals surface area contributed by atoms with Gasteiger partial charge in [0.2, 0.25) is 0 Å². The number of aromatic nitrogens is 2. The van der Waals surface area contributed by atoms with Crippen molar-refractivity contribution in [2.45, 2.75) is 58.5 Å². The van der Waals surface area contributed by atoms with Gasteiger partial charge < -0.3 is 5.11 Å². The molecule has 0 bridgehead atoms. The number of aryl methyl sites for hydroxylation is 2. The molecule has 0 aliphatic heterocycles. The lowest BCUT2D eigenvalue weighted by Crippen LogP contribution is -2.07. The lowest BCUT2D eigenvalue weighted by atomic mass is 10.1. The molecule has 1 N–H and O–H groups in total. The van der Waals surface area contributed by atoms with Gasteiger partial charge >= 0.3 is 0 Å². The third-order valence-electron chi connectivity index (χ3n) is 3.08. The highest BCUT2D eigenvalue weighted by Gasteiger charge is 2.12. The summed E-state index contributed by atoms with van der Waals surface area (Å²) in [5.41, 5.74) is 2.36. The lowest BCUT2D eigenvalue weighted by molar-refractivity contribution is 0.151. The number of rotatable bonds is 7. The smallest absolute Gasteiger partial charge is 0.0766 e. The minimum absolute atomic E-state index is 0.141. The fourth-order valence-electron chi connectivity index (χ4n) is 2.07. The second kappa shape index (κ2) is 7.17. The molecule has 0 saturated carbocycles. The first kappa shape index (κ1) is 14.7. The van der Waals surface area contributed by atoms with Crippen molar-refractivity contribution < 1.29 is 5.11 Å². The summed E-state index contributed by atoms with van der Waals surface area (Å²) in [5, 5.41) is 14.2. The van der Waals surface area contributed by atoms with Crippen LogP contribution in [0.25, 0.3) is 0 Å². The zero-order valence-electron chi connectivity index (χ0n) is 11.0. The van der Waals surface area contributed by atoms with Crippen molar-refractivity contribution in [1.82, 2.24) is 9.78 Å². The monoisotopic (exact) mass is 302 g/mol. The van der Waals surface area contributed by atoms with Crippen LogP contribution in [0, 0.1) is 0 Å². The van der Waals surface area contributed by atoms with Gasteiger partial charge in [-0.05, 0) is 48.0 Å². The summed E-state index contributed by atoms with van der Waals surface area (Å²) in [4.78, 5) is 0. The molecule has 0 aromatic carbocycles. The predicted molar refractivity (Wildman–Crippen MR) is 74.1 cm³/mol. The zero-order chi connectivity index (χ0) is 12.8. The van der Waals surface area contributed by atoms with Crippen molar-refractivity contribution in [2.75, 3.05) is 0 Å². The van der Waals surface area contributed by atoms with E-state index < -0.39 is 0 Å². The maximum absolute atomic E-state index is 9.68. The Bertz CT molecular complexity index is 349. The van der Waals surface area contributed by atoms with Gasteiger partial charge in [0.25, 0.3) is 0 Å². The Morgan fingerprint density at radius 1 is 1.35 bits per heavy atom. The van der Waals surface area contributed by atoms with E-state index in [0.717, 1.165) is 48.7 Å². The van der Waals surface area contributed by atoms with Crippen LogP contribution >= 0.6 is 15.9 Å². The van der Waals surface area contributed by atoms with Crippen molar-refractivity contribution in [3.05, 3.63) is 15.9 Å². The van der Waals surface area contributed by atoms with Gasteiger partial charge in [-0.3, -0.25) is 4.68 Å². The van der Waals surface area contributed by atoms with Gasteiger partial charge in [-0.1, -0.05) is 20.3 Å². The van der Waals surface area contributed by atoms with E-state index in [4.69, 9.17) is 0 Å². The van der Waals surface area contributed by atoms with Crippen LogP contribution in [0.2, 0.25) is 0 Å². The van der Waals surface area contributed by atoms with E-state index in [1.54, 1.807) is 0 Å². The lowest BCUT2D eigenvalue weighted by Gasteiger charge is -2.09. The highest BCUT2D eigenvalue weighted by molar-refractivity contribution is 9.10. The molecule has 1 atom stereocenters. The fourth-order valence-corrected chi connectivity index (χ4v) is 2.89. The molecule has 0 amide bonds. The standard InChI is InChI=1S/C13H23BrN2O/c1-4-7-10(17)8-6-9-12-13(14)11(5-2)15-16(12)3/h10,17H,4-9H2,1-3H3. The summed E-state index contributed by atoms with van der Waals surface area (Å²) in [6, 6.07) is 0. The summed E-state index contributed by atoms with van der Waals surface area (Å²) in [6.07, 6.45) is 5.65. The third kappa shape index (κ3) is 4.11. The summed E-state index contributed by atoms with van der Waals surface area (Å²) in [6.45, 7) is 4.22. The minimum Gasteiger partial charge on any atom is -0.393 e. The molecule has 98 valence electrons. The Morgan fingerprint density at radius 3 is 2.59 bits per heavy atom. The third-order valence-corrected chi connectivity index (χ3v) is 3.99. The predicted octanol–water partition coefficient (Wildman–Crippen LogP) is 3.23. The van der Waals surface area contributed by atoms with E-state index in [1.807, 2.05) is 11.7 Å². The number of hydrogen-bond acceptors (Lipinski definition) is 2. The second-order valence-electron chi connectivity index (χ2n) is 4.52. The van der Waals surface area contributed by atoms with Crippen LogP contribution in [-0.4, -0.2) is 21.0 Å². The Hall–Kier alpha value is -0.350. The molecule has 0 saturated heterocycles. The number of halogens is 1. The van der Waals surface area contributed by atoms with Crippen molar-refractivity contribution in [3.63, 3.8) is 0 Å². The molecule has 4 heteroatoms. The van der Waals surface area contributed by atoms with Gasteiger partial charge in [-0.25, -0.2) is 0 Å². The second-order valence-corrected chi connectivity index (χ2v) is 5.31. The minimum atomic E-state index is -0.141. The first-order chi connectivity index (χ1) is 8.10. The van der Waals surface area contributed by atoms with E-state index in [-0.39, 0.29) is 6.10 Å². The van der Waals surface area contributed by atoms with Gasteiger partial charge in [0, 0.05) is 7.05 Å². The van der Waals surface area contributed by atoms with E-state index in [2.05, 4.69) is 34.9 Å². The van der Waals surface area contributed by atoms with E-state index in [1.165, 1.54) is 5.69 Å². The van der Waals surface area contributed by atoms with Crippen molar-refractivity contribution >= 4 is 15.9 Å². The quantitative estimate of drug-likeness (QED) is 0.840. The SMILES string of the molecule is CCCC(O)CCCc1c(Br)c(CC)nn1C. The van der Waals surface area contributed by atoms with Crippen molar-refractivity contribution in [1.29, 1.82) is 0 Å². The molecule has 0 radical (unpaired) electrons. The average molecular weight is 303 g/mol. The fraction of sp³-hybridized carbons (Fsp3) is 0.769. The Balaban J connectivity index is 2.49. The topological polar surface area (TPSA) is 38.1 Å². The van der Waals surface area contributed by atoms with Crippen molar-refractivity contribution in [3.8, 4) is 0 Å². The molecule has 0 spiro atoms. The summed E-state index contributed by atoms with van der Waals surface area (Å²) >= 11 is 3.61. The molecule has 0 fully saturated rings. The van der Waals surface area contributed by atoms with E-state index >= 15 is 0 Å². The molecule has 0 aliphatic carbocycles. The van der Waals surface area contributed by atoms with Gasteiger partial charge in [-0.2, -0.15) is 5.10 Å². The largest absolute Gasteiger partial charge is 0.393 e. The highest BCUT2D eigenvalue weighted by atomic mass is 79.9. The van der Waals surface area contributed by atoms with Crippen LogP contribution in [0.1, 0.15) is 50.9 Å². The summed E-state index contributed by atoms with van der Waals surface area (Å²) in [5.74, 6) is 0. The molecular weight excluding hydrogens is 280 g/mol. The molecule has 1 rings (SSSR count). The molecule has 1 aromatic heterocycles. The Labute approximate surface area is 112 Å². The van der Waals surface area contributed by atoms with Crippen LogP contribution in [0.15, 0.2) is 4.47 Å². The van der Waals surface area contributed by atoms with Crippen LogP contribution in [0.5, 0.6) is 0 Å². The molecule has 1 unspecified atom stereocenters. The molecule has 1 heterocycles. The molecular formula is C13H23BrN2O. The van der Waals surface area contributed by atoms with Gasteiger partial charge in [0.15, 0.2) is 0 Å².